The van der Waals surface area contributed by atoms with E-state index >= 15 is 0 Å². The molecule has 0 saturated carbocycles. The lowest BCUT2D eigenvalue weighted by Crippen LogP contribution is -1.97. The summed E-state index contributed by atoms with van der Waals surface area (Å²) in [4.78, 5) is 10.2. The molecule has 0 aliphatic rings. The molecule has 0 fully saturated rings. The Kier molecular flexibility index (Phi) is 6.80. The Morgan fingerprint density at radius 1 is 0.357 bits per heavy atom. The van der Waals surface area contributed by atoms with Gasteiger partial charge in [0.25, 0.3) is 0 Å². The maximum atomic E-state index is 5.15. The molecule has 0 N–H and O–H groups in total. The van der Waals surface area contributed by atoms with Crippen LogP contribution in [0, 0.1) is 0 Å². The molecule has 12 aromatic rings. The molecule has 0 spiro atoms. The Morgan fingerprint density at radius 3 is 1.48 bits per heavy atom. The van der Waals surface area contributed by atoms with Gasteiger partial charge in [0.15, 0.2) is 5.82 Å². The number of hydrogen-bond donors (Lipinski definition) is 0. The third kappa shape index (κ3) is 4.57. The Hall–Kier alpha value is -7.14. The van der Waals surface area contributed by atoms with Gasteiger partial charge >= 0.3 is 0 Å². The average molecular weight is 730 g/mol. The van der Waals surface area contributed by atoms with Crippen LogP contribution in [0.2, 0.25) is 0 Å². The van der Waals surface area contributed by atoms with Crippen molar-refractivity contribution in [3.8, 4) is 39.6 Å². The summed E-state index contributed by atoms with van der Waals surface area (Å²) in [6, 6.07) is 67.5. The Bertz CT molecular complexity index is 3450. The second-order valence-corrected chi connectivity index (χ2v) is 15.5. The summed E-state index contributed by atoms with van der Waals surface area (Å²) in [7, 11) is 0. The van der Waals surface area contributed by atoms with E-state index in [1.807, 2.05) is 35.6 Å². The van der Waals surface area contributed by atoms with E-state index < -0.39 is 0 Å². The molecule has 0 saturated heterocycles. The lowest BCUT2D eigenvalue weighted by atomic mass is 9.94. The molecule has 4 heteroatoms. The molecule has 3 heterocycles. The molecule has 0 aliphatic carbocycles. The Balaban J connectivity index is 1.19. The average Bonchev–Trinajstić information content (AvgIpc) is 3.85. The summed E-state index contributed by atoms with van der Waals surface area (Å²) in [5.74, 6) is 0.714. The number of fused-ring (bicyclic) bond motifs is 15. The van der Waals surface area contributed by atoms with Gasteiger partial charge in [0.2, 0.25) is 0 Å². The monoisotopic (exact) mass is 729 g/mol. The van der Waals surface area contributed by atoms with E-state index in [2.05, 4.69) is 168 Å². The zero-order valence-electron chi connectivity index (χ0n) is 30.1. The maximum Gasteiger partial charge on any atom is 0.160 e. The number of benzene rings is 9. The van der Waals surface area contributed by atoms with Crippen molar-refractivity contribution in [2.75, 3.05) is 0 Å². The van der Waals surface area contributed by atoms with E-state index in [4.69, 9.17) is 9.97 Å². The first kappa shape index (κ1) is 31.2. The van der Waals surface area contributed by atoms with Gasteiger partial charge in [0.05, 0.1) is 27.1 Å². The van der Waals surface area contributed by atoms with Crippen molar-refractivity contribution in [1.82, 2.24) is 14.5 Å². The second kappa shape index (κ2) is 12.2. The van der Waals surface area contributed by atoms with Gasteiger partial charge in [0, 0.05) is 54.0 Å². The van der Waals surface area contributed by atoms with E-state index in [0.717, 1.165) is 33.8 Å². The number of thiophene rings is 1. The molecule has 0 unspecified atom stereocenters. The molecule has 260 valence electrons. The van der Waals surface area contributed by atoms with Crippen LogP contribution in [0.3, 0.4) is 0 Å². The van der Waals surface area contributed by atoms with Crippen molar-refractivity contribution >= 4 is 85.6 Å². The van der Waals surface area contributed by atoms with Gasteiger partial charge in [-0.2, -0.15) is 0 Å². The minimum absolute atomic E-state index is 0.714. The molecule has 0 amide bonds. The zero-order valence-corrected chi connectivity index (χ0v) is 31.0. The molecule has 3 nitrogen and oxygen atoms in total. The maximum absolute atomic E-state index is 5.15. The van der Waals surface area contributed by atoms with Crippen LogP contribution in [0.5, 0.6) is 0 Å². The smallest absolute Gasteiger partial charge is 0.160 e. The highest BCUT2D eigenvalue weighted by Gasteiger charge is 2.25. The minimum Gasteiger partial charge on any atom is -0.307 e. The van der Waals surface area contributed by atoms with Crippen molar-refractivity contribution in [3.63, 3.8) is 0 Å². The van der Waals surface area contributed by atoms with Gasteiger partial charge in [-0.05, 0) is 51.2 Å². The molecule has 0 radical (unpaired) electrons. The molecule has 3 aromatic heterocycles. The van der Waals surface area contributed by atoms with Gasteiger partial charge in [-0.25, -0.2) is 9.97 Å². The van der Waals surface area contributed by atoms with Gasteiger partial charge in [-0.1, -0.05) is 164 Å². The zero-order chi connectivity index (χ0) is 36.7. The Labute approximate surface area is 326 Å². The van der Waals surface area contributed by atoms with Crippen LogP contribution < -0.4 is 0 Å². The van der Waals surface area contributed by atoms with Crippen LogP contribution in [0.1, 0.15) is 0 Å². The first-order valence-electron chi connectivity index (χ1n) is 19.0. The first-order valence-corrected chi connectivity index (χ1v) is 19.8. The number of aromatic nitrogens is 3. The highest BCUT2D eigenvalue weighted by atomic mass is 32.1. The second-order valence-electron chi connectivity index (χ2n) is 14.5. The normalized spacial score (nSPS) is 11.9. The van der Waals surface area contributed by atoms with Gasteiger partial charge in [0.1, 0.15) is 0 Å². The van der Waals surface area contributed by atoms with E-state index in [-0.39, 0.29) is 0 Å². The summed E-state index contributed by atoms with van der Waals surface area (Å²) in [5, 5.41) is 12.9. The summed E-state index contributed by atoms with van der Waals surface area (Å²) in [6.45, 7) is 0. The van der Waals surface area contributed by atoms with Crippen molar-refractivity contribution in [2.24, 2.45) is 0 Å². The lowest BCUT2D eigenvalue weighted by Gasteiger charge is -2.14. The van der Waals surface area contributed by atoms with E-state index in [1.165, 1.54) is 74.3 Å². The third-order valence-electron chi connectivity index (χ3n) is 11.4. The highest BCUT2D eigenvalue weighted by molar-refractivity contribution is 7.27. The largest absolute Gasteiger partial charge is 0.307 e. The fourth-order valence-corrected chi connectivity index (χ4v) is 10.2. The van der Waals surface area contributed by atoms with Crippen LogP contribution in [-0.2, 0) is 0 Å². The van der Waals surface area contributed by atoms with Crippen molar-refractivity contribution in [2.45, 2.75) is 0 Å². The molecule has 0 atom stereocenters. The first-order chi connectivity index (χ1) is 27.8. The quantitative estimate of drug-likeness (QED) is 0.169. The SMILES string of the molecule is c1ccc(-c2cc(-c3ccc(-n4c5c6ccccc6c6ccccc6c5c5c6ccccc6c6c7ccccc7sc6c54)cc3)nc(-c3ccccc3)n2)cc1. The van der Waals surface area contributed by atoms with Gasteiger partial charge in [-0.3, -0.25) is 0 Å². The highest BCUT2D eigenvalue weighted by Crippen LogP contribution is 2.51. The van der Waals surface area contributed by atoms with Crippen molar-refractivity contribution in [1.29, 1.82) is 0 Å². The minimum atomic E-state index is 0.714. The molecule has 56 heavy (non-hydrogen) atoms. The molecule has 9 aromatic carbocycles. The van der Waals surface area contributed by atoms with Gasteiger partial charge in [-0.15, -0.1) is 11.3 Å². The van der Waals surface area contributed by atoms with Gasteiger partial charge < -0.3 is 4.57 Å². The lowest BCUT2D eigenvalue weighted by molar-refractivity contribution is 1.17. The van der Waals surface area contributed by atoms with E-state index in [9.17, 15) is 0 Å². The van der Waals surface area contributed by atoms with Crippen molar-refractivity contribution in [3.05, 3.63) is 188 Å². The topological polar surface area (TPSA) is 30.7 Å². The molecule has 0 bridgehead atoms. The molecule has 12 rings (SSSR count). The van der Waals surface area contributed by atoms with Crippen LogP contribution in [0.15, 0.2) is 188 Å². The van der Waals surface area contributed by atoms with Crippen LogP contribution in [0.25, 0.3) is 114 Å². The predicted molar refractivity (Wildman–Crippen MR) is 238 cm³/mol. The Morgan fingerprint density at radius 2 is 0.821 bits per heavy atom. The fraction of sp³-hybridized carbons (Fsp3) is 0. The number of nitrogens with zero attached hydrogens (tertiary/aromatic N) is 3. The number of hydrogen-bond acceptors (Lipinski definition) is 3. The fourth-order valence-electron chi connectivity index (χ4n) is 8.93. The summed E-state index contributed by atoms with van der Waals surface area (Å²) < 4.78 is 5.16. The van der Waals surface area contributed by atoms with Crippen molar-refractivity contribution < 1.29 is 0 Å². The number of rotatable bonds is 4. The van der Waals surface area contributed by atoms with E-state index in [0.29, 0.717) is 5.82 Å². The molecular weight excluding hydrogens is 699 g/mol. The summed E-state index contributed by atoms with van der Waals surface area (Å²) in [6.07, 6.45) is 0. The standard InChI is InChI=1S/C52H31N3S/c1-3-15-32(16-4-1)43-31-44(54-52(53-43)34-17-5-2-6-18-34)33-27-29-35(30-28-33)55-49-41-24-12-8-20-37(41)36-19-7-9-21-38(36)47(49)48-40-23-11-10-22-39(40)46-42-25-13-14-26-45(42)56-51(46)50(48)55/h1-31H. The summed E-state index contributed by atoms with van der Waals surface area (Å²) in [5.41, 5.74) is 8.49. The van der Waals surface area contributed by atoms with Crippen LogP contribution in [0.4, 0.5) is 0 Å². The molecular formula is C52H31N3S. The molecule has 0 aliphatic heterocycles. The van der Waals surface area contributed by atoms with Crippen LogP contribution >= 0.6 is 11.3 Å². The predicted octanol–water partition coefficient (Wildman–Crippen LogP) is 14.4. The van der Waals surface area contributed by atoms with E-state index in [1.54, 1.807) is 0 Å². The third-order valence-corrected chi connectivity index (χ3v) is 12.5. The summed E-state index contributed by atoms with van der Waals surface area (Å²) >= 11 is 1.90. The van der Waals surface area contributed by atoms with Crippen LogP contribution in [-0.4, -0.2) is 14.5 Å².